The van der Waals surface area contributed by atoms with E-state index in [2.05, 4.69) is 17.6 Å². The summed E-state index contributed by atoms with van der Waals surface area (Å²) in [5.74, 6) is 2.52. The summed E-state index contributed by atoms with van der Waals surface area (Å²) in [6.45, 7) is 9.96. The van der Waals surface area contributed by atoms with E-state index in [-0.39, 0.29) is 11.4 Å². The largest absolute Gasteiger partial charge is 0.351 e. The van der Waals surface area contributed by atoms with Crippen LogP contribution < -0.4 is 10.6 Å². The van der Waals surface area contributed by atoms with Crippen LogP contribution in [0.2, 0.25) is 0 Å². The molecule has 0 aliphatic rings. The molecule has 0 aromatic heterocycles. The molecule has 1 amide bonds. The van der Waals surface area contributed by atoms with E-state index >= 15 is 0 Å². The van der Waals surface area contributed by atoms with E-state index in [1.807, 2.05) is 32.5 Å². The molecule has 0 aromatic carbocycles. The molecule has 0 bridgehead atoms. The topological polar surface area (TPSA) is 41.1 Å². The molecule has 2 N–H and O–H groups in total. The summed E-state index contributed by atoms with van der Waals surface area (Å²) in [4.78, 5) is 11.4. The van der Waals surface area contributed by atoms with E-state index in [9.17, 15) is 4.79 Å². The molecule has 0 spiro atoms. The predicted molar refractivity (Wildman–Crippen MR) is 73.0 cm³/mol. The number of thioether (sulfide) groups is 1. The van der Waals surface area contributed by atoms with E-state index in [1.165, 1.54) is 17.9 Å². The number of rotatable bonds is 8. The van der Waals surface area contributed by atoms with Gasteiger partial charge in [0.1, 0.15) is 0 Å². The zero-order chi connectivity index (χ0) is 12.4. The van der Waals surface area contributed by atoms with Gasteiger partial charge in [0.15, 0.2) is 0 Å². The van der Waals surface area contributed by atoms with Crippen molar-refractivity contribution in [1.82, 2.24) is 10.6 Å². The molecule has 0 unspecified atom stereocenters. The van der Waals surface area contributed by atoms with Crippen LogP contribution in [-0.4, -0.2) is 36.0 Å². The number of hydrogen-bond acceptors (Lipinski definition) is 3. The van der Waals surface area contributed by atoms with Crippen LogP contribution in [0.3, 0.4) is 0 Å². The maximum atomic E-state index is 11.4. The fourth-order valence-electron chi connectivity index (χ4n) is 1.25. The minimum absolute atomic E-state index is 0.116. The third kappa shape index (κ3) is 11.9. The molecule has 0 atom stereocenters. The van der Waals surface area contributed by atoms with Gasteiger partial charge in [-0.1, -0.05) is 6.92 Å². The van der Waals surface area contributed by atoms with Crippen molar-refractivity contribution in [3.63, 3.8) is 0 Å². The van der Waals surface area contributed by atoms with Crippen molar-refractivity contribution in [2.45, 2.75) is 46.1 Å². The molecule has 0 radical (unpaired) electrons. The maximum Gasteiger partial charge on any atom is 0.221 e. The number of carbonyl (C=O) groups is 1. The lowest BCUT2D eigenvalue weighted by molar-refractivity contribution is -0.122. The molecule has 0 fully saturated rings. The fraction of sp³-hybridized carbons (Fsp3) is 0.917. The normalized spacial score (nSPS) is 11.5. The Labute approximate surface area is 104 Å². The van der Waals surface area contributed by atoms with Gasteiger partial charge in [-0.3, -0.25) is 4.79 Å². The van der Waals surface area contributed by atoms with Gasteiger partial charge in [-0.15, -0.1) is 0 Å². The van der Waals surface area contributed by atoms with Crippen LogP contribution in [-0.2, 0) is 4.79 Å². The van der Waals surface area contributed by atoms with Crippen molar-refractivity contribution in [2.24, 2.45) is 0 Å². The minimum Gasteiger partial charge on any atom is -0.351 e. The average molecular weight is 246 g/mol. The highest BCUT2D eigenvalue weighted by atomic mass is 32.2. The van der Waals surface area contributed by atoms with Gasteiger partial charge < -0.3 is 10.6 Å². The Bertz CT molecular complexity index is 190. The van der Waals surface area contributed by atoms with Gasteiger partial charge in [0.25, 0.3) is 0 Å². The third-order valence-electron chi connectivity index (χ3n) is 1.89. The molecule has 0 saturated carbocycles. The summed E-state index contributed by atoms with van der Waals surface area (Å²) in [6, 6.07) is 0. The van der Waals surface area contributed by atoms with Crippen molar-refractivity contribution in [2.75, 3.05) is 24.6 Å². The molecule has 96 valence electrons. The van der Waals surface area contributed by atoms with Crippen molar-refractivity contribution in [1.29, 1.82) is 0 Å². The second-order valence-corrected chi connectivity index (χ2v) is 6.24. The molecule has 16 heavy (non-hydrogen) atoms. The summed E-state index contributed by atoms with van der Waals surface area (Å²) >= 11 is 1.96. The van der Waals surface area contributed by atoms with Gasteiger partial charge >= 0.3 is 0 Å². The van der Waals surface area contributed by atoms with Crippen molar-refractivity contribution in [3.05, 3.63) is 0 Å². The fourth-order valence-corrected chi connectivity index (χ4v) is 1.89. The van der Waals surface area contributed by atoms with Crippen molar-refractivity contribution >= 4 is 17.7 Å². The highest BCUT2D eigenvalue weighted by molar-refractivity contribution is 7.99. The first kappa shape index (κ1) is 15.8. The van der Waals surface area contributed by atoms with E-state index in [0.717, 1.165) is 13.1 Å². The van der Waals surface area contributed by atoms with Gasteiger partial charge in [-0.2, -0.15) is 11.8 Å². The Morgan fingerprint density at radius 3 is 2.50 bits per heavy atom. The number of hydrogen-bond donors (Lipinski definition) is 2. The second kappa shape index (κ2) is 8.88. The summed E-state index contributed by atoms with van der Waals surface area (Å²) < 4.78 is 0. The zero-order valence-corrected chi connectivity index (χ0v) is 11.9. The Hall–Kier alpha value is -0.220. The quantitative estimate of drug-likeness (QED) is 0.644. The van der Waals surface area contributed by atoms with E-state index < -0.39 is 0 Å². The zero-order valence-electron chi connectivity index (χ0n) is 11.1. The Morgan fingerprint density at radius 1 is 1.25 bits per heavy atom. The highest BCUT2D eigenvalue weighted by Crippen LogP contribution is 2.00. The minimum atomic E-state index is -0.116. The van der Waals surface area contributed by atoms with Gasteiger partial charge in [0, 0.05) is 18.5 Å². The van der Waals surface area contributed by atoms with Crippen LogP contribution in [0, 0.1) is 0 Å². The van der Waals surface area contributed by atoms with Crippen LogP contribution in [0.5, 0.6) is 0 Å². The lowest BCUT2D eigenvalue weighted by atomic mass is 10.1. The first-order chi connectivity index (χ1) is 7.45. The molecule has 0 saturated heterocycles. The lowest BCUT2D eigenvalue weighted by Crippen LogP contribution is -2.41. The number of nitrogens with one attached hydrogen (secondary N) is 2. The third-order valence-corrected chi connectivity index (χ3v) is 2.88. The summed E-state index contributed by atoms with van der Waals surface area (Å²) in [5.41, 5.74) is -0.116. The molecule has 0 rings (SSSR count). The summed E-state index contributed by atoms with van der Waals surface area (Å²) in [6.07, 6.45) is 1.75. The Kier molecular flexibility index (Phi) is 8.76. The molecule has 0 aliphatic heterocycles. The molecular weight excluding hydrogens is 220 g/mol. The van der Waals surface area contributed by atoms with Crippen LogP contribution >= 0.6 is 11.8 Å². The average Bonchev–Trinajstić information content (AvgIpc) is 2.13. The highest BCUT2D eigenvalue weighted by Gasteiger charge is 2.12. The second-order valence-electron chi connectivity index (χ2n) is 4.85. The molecule has 0 heterocycles. The van der Waals surface area contributed by atoms with Crippen LogP contribution in [0.1, 0.15) is 40.5 Å². The van der Waals surface area contributed by atoms with Crippen molar-refractivity contribution < 1.29 is 4.79 Å². The molecule has 0 aromatic rings. The Morgan fingerprint density at radius 2 is 1.94 bits per heavy atom. The standard InChI is InChI=1S/C12H26N2OS/c1-5-16-10-6-8-13-9-7-11(15)14-12(2,3)4/h13H,5-10H2,1-4H3,(H,14,15). The lowest BCUT2D eigenvalue weighted by Gasteiger charge is -2.20. The van der Waals surface area contributed by atoms with Crippen molar-refractivity contribution in [3.8, 4) is 0 Å². The van der Waals surface area contributed by atoms with Gasteiger partial charge in [-0.05, 0) is 45.2 Å². The maximum absolute atomic E-state index is 11.4. The van der Waals surface area contributed by atoms with Crippen LogP contribution in [0.25, 0.3) is 0 Å². The summed E-state index contributed by atoms with van der Waals surface area (Å²) in [5, 5.41) is 6.23. The smallest absolute Gasteiger partial charge is 0.221 e. The number of carbonyl (C=O) groups excluding carboxylic acids is 1. The van der Waals surface area contributed by atoms with Gasteiger partial charge in [0.2, 0.25) is 5.91 Å². The van der Waals surface area contributed by atoms with E-state index in [1.54, 1.807) is 0 Å². The molecular formula is C12H26N2OS. The van der Waals surface area contributed by atoms with E-state index in [0.29, 0.717) is 6.42 Å². The predicted octanol–water partition coefficient (Wildman–Crippen LogP) is 2.02. The van der Waals surface area contributed by atoms with Crippen LogP contribution in [0.15, 0.2) is 0 Å². The number of amides is 1. The molecule has 4 heteroatoms. The molecule has 3 nitrogen and oxygen atoms in total. The first-order valence-corrected chi connectivity index (χ1v) is 7.20. The summed E-state index contributed by atoms with van der Waals surface area (Å²) in [7, 11) is 0. The molecule has 0 aliphatic carbocycles. The van der Waals surface area contributed by atoms with Crippen LogP contribution in [0.4, 0.5) is 0 Å². The monoisotopic (exact) mass is 246 g/mol. The van der Waals surface area contributed by atoms with E-state index in [4.69, 9.17) is 0 Å². The first-order valence-electron chi connectivity index (χ1n) is 6.05. The van der Waals surface area contributed by atoms with Gasteiger partial charge in [-0.25, -0.2) is 0 Å². The van der Waals surface area contributed by atoms with Gasteiger partial charge in [0.05, 0.1) is 0 Å². The SMILES string of the molecule is CCSCCCNCCC(=O)NC(C)(C)C. The Balaban J connectivity index is 3.28.